The van der Waals surface area contributed by atoms with Gasteiger partial charge in [-0.05, 0) is 19.1 Å². The Balaban J connectivity index is 2.49. The summed E-state index contributed by atoms with van der Waals surface area (Å²) in [6, 6.07) is 7.71. The third kappa shape index (κ3) is 4.58. The number of thioether (sulfide) groups is 1. The molecule has 1 rings (SSSR count). The van der Waals surface area contributed by atoms with Crippen molar-refractivity contribution in [1.29, 1.82) is 0 Å². The normalized spacial score (nSPS) is 11.6. The Morgan fingerprint density at radius 3 is 2.44 bits per heavy atom. The first kappa shape index (κ1) is 14.2. The zero-order valence-electron chi connectivity index (χ0n) is 9.71. The molecule has 18 heavy (non-hydrogen) atoms. The van der Waals surface area contributed by atoms with E-state index >= 15 is 0 Å². The predicted octanol–water partition coefficient (Wildman–Crippen LogP) is -0.185. The first-order valence-electron chi connectivity index (χ1n) is 5.23. The van der Waals surface area contributed by atoms with Gasteiger partial charge in [0.05, 0.1) is 12.0 Å². The number of carboxylic acids is 1. The topological polar surface area (TPSA) is 86.3 Å². The molecule has 1 amide bonds. The highest BCUT2D eigenvalue weighted by molar-refractivity contribution is 8.14. The maximum atomic E-state index is 11.7. The number of nitrogens with one attached hydrogen (secondary N) is 1. The van der Waals surface area contributed by atoms with Gasteiger partial charge in [0.1, 0.15) is 0 Å². The fourth-order valence-corrected chi connectivity index (χ4v) is 1.75. The summed E-state index contributed by atoms with van der Waals surface area (Å²) in [5.74, 6) is -2.09. The molecule has 0 unspecified atom stereocenters. The van der Waals surface area contributed by atoms with E-state index in [1.807, 2.05) is 0 Å². The number of carboxylic acid groups (broad SMARTS) is 1. The van der Waals surface area contributed by atoms with Crippen molar-refractivity contribution in [2.45, 2.75) is 13.0 Å². The van der Waals surface area contributed by atoms with Gasteiger partial charge in [0, 0.05) is 11.3 Å². The van der Waals surface area contributed by atoms with E-state index in [4.69, 9.17) is 0 Å². The molecule has 0 aliphatic heterocycles. The molecule has 0 aromatic heterocycles. The fraction of sp³-hybridized carbons (Fsp3) is 0.250. The van der Waals surface area contributed by atoms with Crippen molar-refractivity contribution in [3.8, 4) is 0 Å². The largest absolute Gasteiger partial charge is 0.549 e. The van der Waals surface area contributed by atoms with Crippen molar-refractivity contribution >= 4 is 28.8 Å². The van der Waals surface area contributed by atoms with Crippen molar-refractivity contribution in [2.24, 2.45) is 0 Å². The van der Waals surface area contributed by atoms with Gasteiger partial charge in [0.15, 0.2) is 0 Å². The van der Waals surface area contributed by atoms with Crippen molar-refractivity contribution in [2.75, 3.05) is 5.75 Å². The lowest BCUT2D eigenvalue weighted by Gasteiger charge is -2.12. The zero-order chi connectivity index (χ0) is 13.5. The predicted molar refractivity (Wildman–Crippen MR) is 65.8 cm³/mol. The monoisotopic (exact) mass is 266 g/mol. The Kier molecular flexibility index (Phi) is 5.38. The van der Waals surface area contributed by atoms with E-state index in [9.17, 15) is 19.5 Å². The summed E-state index contributed by atoms with van der Waals surface area (Å²) in [5.41, 5.74) is 0.446. The van der Waals surface area contributed by atoms with Gasteiger partial charge in [-0.1, -0.05) is 30.0 Å². The first-order valence-corrected chi connectivity index (χ1v) is 6.21. The minimum Gasteiger partial charge on any atom is -0.549 e. The molecular formula is C12H12NO4S-. The second kappa shape index (κ2) is 6.80. The second-order valence-corrected chi connectivity index (χ2v) is 4.52. The van der Waals surface area contributed by atoms with Gasteiger partial charge in [-0.15, -0.1) is 0 Å². The van der Waals surface area contributed by atoms with E-state index in [1.54, 1.807) is 30.3 Å². The number of benzene rings is 1. The van der Waals surface area contributed by atoms with Crippen LogP contribution in [0.2, 0.25) is 0 Å². The van der Waals surface area contributed by atoms with Crippen LogP contribution >= 0.6 is 11.8 Å². The molecule has 0 radical (unpaired) electrons. The molecule has 0 fully saturated rings. The summed E-state index contributed by atoms with van der Waals surface area (Å²) < 4.78 is 0. The van der Waals surface area contributed by atoms with Crippen LogP contribution in [0.25, 0.3) is 0 Å². The number of carbonyl (C=O) groups excluding carboxylic acids is 3. The van der Waals surface area contributed by atoms with Gasteiger partial charge < -0.3 is 15.2 Å². The maximum Gasteiger partial charge on any atom is 0.251 e. The molecular weight excluding hydrogens is 254 g/mol. The molecule has 0 aliphatic carbocycles. The number of hydrogen-bond acceptors (Lipinski definition) is 5. The van der Waals surface area contributed by atoms with E-state index in [0.29, 0.717) is 17.3 Å². The average molecular weight is 266 g/mol. The lowest BCUT2D eigenvalue weighted by Crippen LogP contribution is -2.38. The lowest BCUT2D eigenvalue weighted by atomic mass is 10.2. The van der Waals surface area contributed by atoms with Crippen LogP contribution in [0.15, 0.2) is 30.3 Å². The van der Waals surface area contributed by atoms with Gasteiger partial charge in [0.2, 0.25) is 5.12 Å². The van der Waals surface area contributed by atoms with Crippen molar-refractivity contribution in [1.82, 2.24) is 5.32 Å². The van der Waals surface area contributed by atoms with Crippen molar-refractivity contribution < 1.29 is 19.5 Å². The van der Waals surface area contributed by atoms with Gasteiger partial charge >= 0.3 is 0 Å². The second-order valence-electron chi connectivity index (χ2n) is 3.54. The van der Waals surface area contributed by atoms with E-state index in [-0.39, 0.29) is 5.91 Å². The average Bonchev–Trinajstić information content (AvgIpc) is 2.36. The Morgan fingerprint density at radius 2 is 1.89 bits per heavy atom. The quantitative estimate of drug-likeness (QED) is 0.798. The summed E-state index contributed by atoms with van der Waals surface area (Å²) in [6.45, 7) is 1.51. The third-order valence-electron chi connectivity index (χ3n) is 2.07. The molecule has 6 heteroatoms. The molecule has 1 aromatic carbocycles. The van der Waals surface area contributed by atoms with E-state index in [2.05, 4.69) is 5.32 Å². The highest BCUT2D eigenvalue weighted by Crippen LogP contribution is 2.06. The molecule has 1 aromatic rings. The Morgan fingerprint density at radius 1 is 1.28 bits per heavy atom. The highest BCUT2D eigenvalue weighted by atomic mass is 32.2. The first-order chi connectivity index (χ1) is 8.50. The van der Waals surface area contributed by atoms with Crippen LogP contribution in [0.5, 0.6) is 0 Å². The van der Waals surface area contributed by atoms with Gasteiger partial charge in [-0.25, -0.2) is 0 Å². The molecule has 1 N–H and O–H groups in total. The van der Waals surface area contributed by atoms with Gasteiger partial charge in [0.25, 0.3) is 5.91 Å². The summed E-state index contributed by atoms with van der Waals surface area (Å²) >= 11 is 0.614. The molecule has 5 nitrogen and oxygen atoms in total. The summed E-state index contributed by atoms with van der Waals surface area (Å²) in [6.07, 6.45) is 0. The van der Waals surface area contributed by atoms with Crippen LogP contribution in [-0.4, -0.2) is 28.8 Å². The number of amides is 1. The van der Waals surface area contributed by atoms with Crippen molar-refractivity contribution in [3.63, 3.8) is 0 Å². The Bertz CT molecular complexity index is 447. The summed E-state index contributed by atoms with van der Waals surface area (Å²) in [4.78, 5) is 33.4. The zero-order valence-corrected chi connectivity index (χ0v) is 10.5. The Hall–Kier alpha value is -1.82. The van der Waals surface area contributed by atoms with Crippen LogP contribution in [0.4, 0.5) is 0 Å². The Labute approximate surface area is 109 Å². The molecule has 0 heterocycles. The van der Waals surface area contributed by atoms with Crippen LogP contribution < -0.4 is 10.4 Å². The standard InChI is InChI=1S/C12H13NO4S/c1-8(12(17)18-7-10(14)15)13-11(16)9-5-3-2-4-6-9/h2-6,8H,7H2,1H3,(H,13,16)(H,14,15)/p-1/t8-/m1/s1. The SMILES string of the molecule is C[C@@H](NC(=O)c1ccccc1)C(=O)SCC(=O)[O-]. The smallest absolute Gasteiger partial charge is 0.251 e. The molecule has 0 saturated carbocycles. The van der Waals surface area contributed by atoms with Crippen LogP contribution in [0, 0.1) is 0 Å². The van der Waals surface area contributed by atoms with Crippen LogP contribution in [0.1, 0.15) is 17.3 Å². The van der Waals surface area contributed by atoms with E-state index in [1.165, 1.54) is 6.92 Å². The molecule has 0 saturated heterocycles. The van der Waals surface area contributed by atoms with Gasteiger partial charge in [-0.3, -0.25) is 9.59 Å². The van der Waals surface area contributed by atoms with Crippen LogP contribution in [-0.2, 0) is 9.59 Å². The minimum atomic E-state index is -1.31. The summed E-state index contributed by atoms with van der Waals surface area (Å²) in [5, 5.41) is 12.3. The molecule has 1 atom stereocenters. The third-order valence-corrected chi connectivity index (χ3v) is 3.09. The molecule has 0 aliphatic rings. The molecule has 0 spiro atoms. The maximum absolute atomic E-state index is 11.7. The highest BCUT2D eigenvalue weighted by Gasteiger charge is 2.16. The number of rotatable bonds is 5. The fourth-order valence-electron chi connectivity index (χ4n) is 1.18. The number of hydrogen-bond donors (Lipinski definition) is 1. The van der Waals surface area contributed by atoms with Crippen LogP contribution in [0.3, 0.4) is 0 Å². The lowest BCUT2D eigenvalue weighted by molar-refractivity contribution is -0.301. The van der Waals surface area contributed by atoms with Crippen molar-refractivity contribution in [3.05, 3.63) is 35.9 Å². The minimum absolute atomic E-state index is 0.370. The number of carbonyl (C=O) groups is 3. The van der Waals surface area contributed by atoms with E-state index in [0.717, 1.165) is 0 Å². The molecule has 96 valence electrons. The van der Waals surface area contributed by atoms with E-state index < -0.39 is 22.9 Å². The molecule has 0 bridgehead atoms. The number of aliphatic carboxylic acids is 1. The summed E-state index contributed by atoms with van der Waals surface area (Å²) in [7, 11) is 0. The van der Waals surface area contributed by atoms with Gasteiger partial charge in [-0.2, -0.15) is 0 Å².